The quantitative estimate of drug-likeness (QED) is 0.657. The number of H-pyrrole nitrogens is 1. The van der Waals surface area contributed by atoms with E-state index in [1.807, 2.05) is 12.1 Å². The lowest BCUT2D eigenvalue weighted by atomic mass is 9.94. The van der Waals surface area contributed by atoms with Crippen molar-refractivity contribution < 1.29 is 30.3 Å². The van der Waals surface area contributed by atoms with E-state index in [-0.39, 0.29) is 22.1 Å². The monoisotopic (exact) mass is 406 g/mol. The summed E-state index contributed by atoms with van der Waals surface area (Å²) in [4.78, 5) is 15.9. The number of carbonyl (C=O) groups is 1. The number of halogens is 3. The average molecular weight is 406 g/mol. The van der Waals surface area contributed by atoms with Crippen LogP contribution >= 0.6 is 0 Å². The van der Waals surface area contributed by atoms with E-state index in [9.17, 15) is 18.0 Å². The van der Waals surface area contributed by atoms with Gasteiger partial charge in [-0.15, -0.1) is 0 Å². The van der Waals surface area contributed by atoms with Gasteiger partial charge in [-0.3, -0.25) is 4.79 Å². The molecule has 2 aliphatic rings. The van der Waals surface area contributed by atoms with Crippen LogP contribution in [0.1, 0.15) is 32.4 Å². The minimum Gasteiger partial charge on any atom is -0.454 e. The maximum atomic E-state index is 13.2. The molecule has 3 aromatic rings. The number of benzene rings is 2. The lowest BCUT2D eigenvalue weighted by molar-refractivity contribution is -0.137. The molecule has 2 N–H and O–H groups in total. The van der Waals surface area contributed by atoms with Crippen molar-refractivity contribution in [3.05, 3.63) is 59.3 Å². The SMILES string of the molecule is O=C(NCc1cc(C(F)(F)F)cc2cc[nH]c12)C1(c2ccc3c(c2)OCO3)CC1.[HH].[HH]. The van der Waals surface area contributed by atoms with Crippen LogP contribution in [0.4, 0.5) is 13.2 Å². The Labute approximate surface area is 166 Å². The molecule has 1 fully saturated rings. The highest BCUT2D eigenvalue weighted by Gasteiger charge is 2.51. The Bertz CT molecular complexity index is 1130. The second-order valence-electron chi connectivity index (χ2n) is 7.41. The summed E-state index contributed by atoms with van der Waals surface area (Å²) in [5, 5.41) is 3.29. The molecule has 1 aliphatic heterocycles. The molecule has 8 heteroatoms. The van der Waals surface area contributed by atoms with Gasteiger partial charge in [0.15, 0.2) is 11.5 Å². The van der Waals surface area contributed by atoms with Crippen LogP contribution in [0.2, 0.25) is 0 Å². The van der Waals surface area contributed by atoms with Crippen LogP contribution in [-0.2, 0) is 22.9 Å². The lowest BCUT2D eigenvalue weighted by Gasteiger charge is -2.17. The van der Waals surface area contributed by atoms with E-state index in [1.54, 1.807) is 18.3 Å². The van der Waals surface area contributed by atoms with Crippen LogP contribution < -0.4 is 14.8 Å². The van der Waals surface area contributed by atoms with Gasteiger partial charge in [-0.05, 0) is 54.3 Å². The smallest absolute Gasteiger partial charge is 0.416 e. The van der Waals surface area contributed by atoms with Crippen LogP contribution in [-0.4, -0.2) is 17.7 Å². The summed E-state index contributed by atoms with van der Waals surface area (Å²) in [6.45, 7) is 0.158. The molecular formula is C21H21F3N2O3. The number of ether oxygens (including phenoxy) is 2. The van der Waals surface area contributed by atoms with Crippen molar-refractivity contribution in [2.75, 3.05) is 6.79 Å². The summed E-state index contributed by atoms with van der Waals surface area (Å²) in [7, 11) is 0. The molecule has 1 aliphatic carbocycles. The molecule has 2 aromatic carbocycles. The third-order valence-corrected chi connectivity index (χ3v) is 5.62. The molecular weight excluding hydrogens is 385 g/mol. The predicted octanol–water partition coefficient (Wildman–Crippen LogP) is 4.76. The number of hydrogen-bond acceptors (Lipinski definition) is 3. The second kappa shape index (κ2) is 6.17. The zero-order valence-electron chi connectivity index (χ0n) is 15.2. The number of amides is 1. The molecule has 1 saturated carbocycles. The molecule has 0 unspecified atom stereocenters. The normalized spacial score (nSPS) is 16.8. The summed E-state index contributed by atoms with van der Waals surface area (Å²) in [6.07, 6.45) is -1.50. The first-order chi connectivity index (χ1) is 13.9. The molecule has 0 bridgehead atoms. The number of rotatable bonds is 4. The highest BCUT2D eigenvalue weighted by molar-refractivity contribution is 5.92. The maximum Gasteiger partial charge on any atom is 0.416 e. The number of carbonyl (C=O) groups excluding carboxylic acids is 1. The first-order valence-corrected chi connectivity index (χ1v) is 9.22. The second-order valence-corrected chi connectivity index (χ2v) is 7.41. The molecule has 29 heavy (non-hydrogen) atoms. The molecule has 1 aromatic heterocycles. The number of aromatic nitrogens is 1. The molecule has 5 nitrogen and oxygen atoms in total. The summed E-state index contributed by atoms with van der Waals surface area (Å²) in [5.41, 5.74) is 0.414. The summed E-state index contributed by atoms with van der Waals surface area (Å²) < 4.78 is 50.3. The molecule has 2 heterocycles. The van der Waals surface area contributed by atoms with E-state index in [0.29, 0.717) is 40.8 Å². The fourth-order valence-corrected chi connectivity index (χ4v) is 3.86. The maximum absolute atomic E-state index is 13.2. The number of alkyl halides is 3. The number of nitrogens with one attached hydrogen (secondary N) is 2. The Morgan fingerprint density at radius 2 is 1.93 bits per heavy atom. The van der Waals surface area contributed by atoms with E-state index in [4.69, 9.17) is 9.47 Å². The number of aromatic amines is 1. The molecule has 154 valence electrons. The summed E-state index contributed by atoms with van der Waals surface area (Å²) in [6, 6.07) is 9.20. The number of fused-ring (bicyclic) bond motifs is 2. The highest BCUT2D eigenvalue weighted by atomic mass is 19.4. The predicted molar refractivity (Wildman–Crippen MR) is 103 cm³/mol. The molecule has 0 saturated heterocycles. The minimum absolute atomic E-state index is 0. The van der Waals surface area contributed by atoms with Crippen molar-refractivity contribution in [2.45, 2.75) is 31.0 Å². The van der Waals surface area contributed by atoms with Gasteiger partial charge in [-0.1, -0.05) is 6.07 Å². The van der Waals surface area contributed by atoms with Crippen molar-refractivity contribution in [1.82, 2.24) is 10.3 Å². The van der Waals surface area contributed by atoms with Crippen LogP contribution in [0.25, 0.3) is 10.9 Å². The van der Waals surface area contributed by atoms with Crippen LogP contribution in [0, 0.1) is 0 Å². The fourth-order valence-electron chi connectivity index (χ4n) is 3.86. The van der Waals surface area contributed by atoms with Gasteiger partial charge in [0, 0.05) is 21.0 Å². The van der Waals surface area contributed by atoms with Gasteiger partial charge in [-0.2, -0.15) is 13.2 Å². The first-order valence-electron chi connectivity index (χ1n) is 9.22. The van der Waals surface area contributed by atoms with Gasteiger partial charge in [-0.25, -0.2) is 0 Å². The van der Waals surface area contributed by atoms with E-state index in [2.05, 4.69) is 10.3 Å². The third-order valence-electron chi connectivity index (χ3n) is 5.62. The van der Waals surface area contributed by atoms with Gasteiger partial charge in [0.05, 0.1) is 16.5 Å². The molecule has 5 rings (SSSR count). The fraction of sp³-hybridized carbons (Fsp3) is 0.286. The van der Waals surface area contributed by atoms with E-state index < -0.39 is 17.2 Å². The van der Waals surface area contributed by atoms with E-state index >= 15 is 0 Å². The van der Waals surface area contributed by atoms with Crippen molar-refractivity contribution in [1.29, 1.82) is 0 Å². The average Bonchev–Trinajstić information content (AvgIpc) is 3.13. The van der Waals surface area contributed by atoms with Crippen molar-refractivity contribution >= 4 is 16.8 Å². The standard InChI is InChI=1S/C21H17F3N2O3.2H2/c22-21(23,24)15-7-12-3-6-25-18(12)13(8-15)10-26-19(27)20(4-5-20)14-1-2-16-17(9-14)29-11-28-16;;/h1-3,6-9,25H,4-5,10-11H2,(H,26,27);2*1H. The highest BCUT2D eigenvalue weighted by Crippen LogP contribution is 2.50. The van der Waals surface area contributed by atoms with Crippen molar-refractivity contribution in [2.24, 2.45) is 0 Å². The van der Waals surface area contributed by atoms with E-state index in [1.165, 1.54) is 0 Å². The first kappa shape index (κ1) is 17.9. The molecule has 0 atom stereocenters. The largest absolute Gasteiger partial charge is 0.454 e. The van der Waals surface area contributed by atoms with Gasteiger partial charge >= 0.3 is 6.18 Å². The van der Waals surface area contributed by atoms with Gasteiger partial charge in [0.1, 0.15) is 0 Å². The van der Waals surface area contributed by atoms with Gasteiger partial charge in [0.2, 0.25) is 12.7 Å². The minimum atomic E-state index is -4.45. The Hall–Kier alpha value is -3.16. The molecule has 1 amide bonds. The van der Waals surface area contributed by atoms with E-state index in [0.717, 1.165) is 17.7 Å². The zero-order valence-corrected chi connectivity index (χ0v) is 15.2. The topological polar surface area (TPSA) is 63.4 Å². The van der Waals surface area contributed by atoms with Crippen LogP contribution in [0.5, 0.6) is 11.5 Å². The summed E-state index contributed by atoms with van der Waals surface area (Å²) in [5.74, 6) is 1.05. The number of hydrogen-bond donors (Lipinski definition) is 2. The van der Waals surface area contributed by atoms with Crippen LogP contribution in [0.15, 0.2) is 42.6 Å². The lowest BCUT2D eigenvalue weighted by Crippen LogP contribution is -2.34. The van der Waals surface area contributed by atoms with Crippen LogP contribution in [0.3, 0.4) is 0 Å². The Balaban J connectivity index is 0.00000136. The van der Waals surface area contributed by atoms with Gasteiger partial charge in [0.25, 0.3) is 0 Å². The van der Waals surface area contributed by atoms with Gasteiger partial charge < -0.3 is 19.8 Å². The Morgan fingerprint density at radius 3 is 2.69 bits per heavy atom. The molecule has 0 radical (unpaired) electrons. The Morgan fingerprint density at radius 1 is 1.14 bits per heavy atom. The summed E-state index contributed by atoms with van der Waals surface area (Å²) >= 11 is 0. The van der Waals surface area contributed by atoms with Crippen molar-refractivity contribution in [3.8, 4) is 11.5 Å². The third kappa shape index (κ3) is 2.99. The zero-order chi connectivity index (χ0) is 20.2. The van der Waals surface area contributed by atoms with Crippen molar-refractivity contribution in [3.63, 3.8) is 0 Å². The Kier molecular flexibility index (Phi) is 3.81. The molecule has 0 spiro atoms.